The molecule has 1 fully saturated rings. The van der Waals surface area contributed by atoms with E-state index in [4.69, 9.17) is 4.74 Å². The average molecular weight is 312 g/mol. The first-order valence-electron chi connectivity index (χ1n) is 6.66. The van der Waals surface area contributed by atoms with Crippen LogP contribution >= 0.6 is 15.9 Å². The topological polar surface area (TPSA) is 12.5 Å². The van der Waals surface area contributed by atoms with E-state index in [1.54, 1.807) is 7.11 Å². The molecule has 2 atom stereocenters. The summed E-state index contributed by atoms with van der Waals surface area (Å²) < 4.78 is 6.48. The van der Waals surface area contributed by atoms with Crippen LogP contribution in [0.15, 0.2) is 22.7 Å². The van der Waals surface area contributed by atoms with Crippen molar-refractivity contribution in [2.75, 3.05) is 13.7 Å². The minimum absolute atomic E-state index is 0.680. The third kappa shape index (κ3) is 3.27. The zero-order valence-corrected chi connectivity index (χ0v) is 13.0. The summed E-state index contributed by atoms with van der Waals surface area (Å²) in [6.07, 6.45) is 2.67. The number of nitrogens with zero attached hydrogens (tertiary/aromatic N) is 1. The van der Waals surface area contributed by atoms with Crippen LogP contribution < -0.4 is 4.74 Å². The summed E-state index contributed by atoms with van der Waals surface area (Å²) in [7, 11) is 1.72. The van der Waals surface area contributed by atoms with Crippen molar-refractivity contribution in [2.24, 2.45) is 5.92 Å². The molecule has 0 N–H and O–H groups in total. The van der Waals surface area contributed by atoms with Gasteiger partial charge >= 0.3 is 0 Å². The van der Waals surface area contributed by atoms with Crippen LogP contribution in [0.4, 0.5) is 0 Å². The van der Waals surface area contributed by atoms with Crippen molar-refractivity contribution in [1.29, 1.82) is 0 Å². The molecule has 1 aliphatic heterocycles. The van der Waals surface area contributed by atoms with Gasteiger partial charge in [-0.2, -0.15) is 0 Å². The van der Waals surface area contributed by atoms with Gasteiger partial charge in [-0.3, -0.25) is 4.90 Å². The van der Waals surface area contributed by atoms with Crippen molar-refractivity contribution < 1.29 is 4.74 Å². The molecule has 2 nitrogen and oxygen atoms in total. The maximum atomic E-state index is 5.31. The lowest BCUT2D eigenvalue weighted by molar-refractivity contribution is 0.117. The highest BCUT2D eigenvalue weighted by Gasteiger charge is 2.23. The Bertz CT molecular complexity index is 407. The summed E-state index contributed by atoms with van der Waals surface area (Å²) >= 11 is 3.64. The highest BCUT2D eigenvalue weighted by Crippen LogP contribution is 2.28. The first-order chi connectivity index (χ1) is 8.60. The van der Waals surface area contributed by atoms with Crippen LogP contribution in [0.5, 0.6) is 5.75 Å². The lowest BCUT2D eigenvalue weighted by Gasteiger charge is -2.37. The zero-order chi connectivity index (χ0) is 13.1. The fourth-order valence-electron chi connectivity index (χ4n) is 2.62. The summed E-state index contributed by atoms with van der Waals surface area (Å²) in [5.41, 5.74) is 1.32. The van der Waals surface area contributed by atoms with Gasteiger partial charge in [0.15, 0.2) is 0 Å². The van der Waals surface area contributed by atoms with Gasteiger partial charge in [-0.15, -0.1) is 0 Å². The minimum Gasteiger partial charge on any atom is -0.497 e. The first-order valence-corrected chi connectivity index (χ1v) is 7.46. The fourth-order valence-corrected chi connectivity index (χ4v) is 2.99. The van der Waals surface area contributed by atoms with E-state index < -0.39 is 0 Å². The number of ether oxygens (including phenoxy) is 1. The van der Waals surface area contributed by atoms with Crippen LogP contribution in [0, 0.1) is 5.92 Å². The number of methoxy groups -OCH3 is 1. The molecule has 0 radical (unpaired) electrons. The largest absolute Gasteiger partial charge is 0.497 e. The third-order valence-corrected chi connectivity index (χ3v) is 4.65. The number of halogens is 1. The molecule has 3 heteroatoms. The highest BCUT2D eigenvalue weighted by molar-refractivity contribution is 9.10. The minimum atomic E-state index is 0.680. The Morgan fingerprint density at radius 3 is 2.83 bits per heavy atom. The summed E-state index contributed by atoms with van der Waals surface area (Å²) in [5.74, 6) is 1.75. The van der Waals surface area contributed by atoms with E-state index in [1.807, 2.05) is 6.07 Å². The second-order valence-corrected chi connectivity index (χ2v) is 6.27. The molecule has 2 rings (SSSR count). The molecule has 18 heavy (non-hydrogen) atoms. The van der Waals surface area contributed by atoms with Crippen LogP contribution in [-0.2, 0) is 6.54 Å². The van der Waals surface area contributed by atoms with Crippen LogP contribution in [0.1, 0.15) is 32.3 Å². The Morgan fingerprint density at radius 2 is 2.11 bits per heavy atom. The summed E-state index contributed by atoms with van der Waals surface area (Å²) in [6.45, 7) is 6.88. The van der Waals surface area contributed by atoms with Crippen molar-refractivity contribution >= 4 is 15.9 Å². The maximum absolute atomic E-state index is 5.31. The highest BCUT2D eigenvalue weighted by atomic mass is 79.9. The fraction of sp³-hybridized carbons (Fsp3) is 0.600. The summed E-state index contributed by atoms with van der Waals surface area (Å²) in [4.78, 5) is 2.58. The van der Waals surface area contributed by atoms with Gasteiger partial charge in [0.2, 0.25) is 0 Å². The number of hydrogen-bond acceptors (Lipinski definition) is 2. The Kier molecular flexibility index (Phi) is 4.68. The number of benzene rings is 1. The maximum Gasteiger partial charge on any atom is 0.119 e. The Balaban J connectivity index is 2.12. The van der Waals surface area contributed by atoms with Gasteiger partial charge in [0.1, 0.15) is 5.75 Å². The normalized spacial score (nSPS) is 25.1. The van der Waals surface area contributed by atoms with E-state index in [2.05, 4.69) is 46.8 Å². The molecule has 2 unspecified atom stereocenters. The molecule has 1 heterocycles. The molecule has 1 aliphatic rings. The van der Waals surface area contributed by atoms with Crippen LogP contribution in [0.25, 0.3) is 0 Å². The smallest absolute Gasteiger partial charge is 0.119 e. The van der Waals surface area contributed by atoms with E-state index in [0.717, 1.165) is 18.2 Å². The molecule has 0 amide bonds. The molecular formula is C15H22BrNO. The third-order valence-electron chi connectivity index (χ3n) is 3.87. The van der Waals surface area contributed by atoms with E-state index in [0.29, 0.717) is 6.04 Å². The van der Waals surface area contributed by atoms with E-state index in [1.165, 1.54) is 29.4 Å². The van der Waals surface area contributed by atoms with Gasteiger partial charge in [0.25, 0.3) is 0 Å². The predicted molar refractivity (Wildman–Crippen MR) is 79.0 cm³/mol. The number of piperidine rings is 1. The summed E-state index contributed by atoms with van der Waals surface area (Å²) in [6, 6.07) is 6.89. The van der Waals surface area contributed by atoms with Gasteiger partial charge in [-0.1, -0.05) is 22.9 Å². The quantitative estimate of drug-likeness (QED) is 0.834. The van der Waals surface area contributed by atoms with Crippen LogP contribution in [0.3, 0.4) is 0 Å². The molecule has 100 valence electrons. The molecule has 1 aromatic carbocycles. The lowest BCUT2D eigenvalue weighted by Crippen LogP contribution is -2.40. The SMILES string of the molecule is COc1ccc(Br)c(CN2CC(C)CCC2C)c1. The predicted octanol–water partition coefficient (Wildman–Crippen LogP) is 4.08. The lowest BCUT2D eigenvalue weighted by atomic mass is 9.94. The standard InChI is InChI=1S/C15H22BrNO/c1-11-4-5-12(2)17(9-11)10-13-8-14(18-3)6-7-15(13)16/h6-8,11-12H,4-5,9-10H2,1-3H3. The summed E-state index contributed by atoms with van der Waals surface area (Å²) in [5, 5.41) is 0. The van der Waals surface area contributed by atoms with Gasteiger partial charge in [-0.05, 0) is 49.4 Å². The first kappa shape index (κ1) is 13.9. The van der Waals surface area contributed by atoms with E-state index >= 15 is 0 Å². The van der Waals surface area contributed by atoms with Crippen LogP contribution in [0.2, 0.25) is 0 Å². The van der Waals surface area contributed by atoms with Gasteiger partial charge in [0.05, 0.1) is 7.11 Å². The second kappa shape index (κ2) is 6.07. The second-order valence-electron chi connectivity index (χ2n) is 5.42. The molecule has 0 spiro atoms. The number of hydrogen-bond donors (Lipinski definition) is 0. The van der Waals surface area contributed by atoms with Crippen molar-refractivity contribution in [2.45, 2.75) is 39.3 Å². The van der Waals surface area contributed by atoms with Crippen molar-refractivity contribution in [3.05, 3.63) is 28.2 Å². The number of rotatable bonds is 3. The number of likely N-dealkylation sites (tertiary alicyclic amines) is 1. The van der Waals surface area contributed by atoms with Crippen molar-refractivity contribution in [1.82, 2.24) is 4.90 Å². The van der Waals surface area contributed by atoms with Crippen LogP contribution in [-0.4, -0.2) is 24.6 Å². The van der Waals surface area contributed by atoms with Gasteiger partial charge < -0.3 is 4.74 Å². The molecule has 0 aromatic heterocycles. The molecule has 1 saturated heterocycles. The average Bonchev–Trinajstić information content (AvgIpc) is 2.36. The molecule has 0 saturated carbocycles. The molecule has 0 aliphatic carbocycles. The van der Waals surface area contributed by atoms with Crippen molar-refractivity contribution in [3.8, 4) is 5.75 Å². The van der Waals surface area contributed by atoms with Gasteiger partial charge in [0, 0.05) is 23.6 Å². The van der Waals surface area contributed by atoms with E-state index in [-0.39, 0.29) is 0 Å². The van der Waals surface area contributed by atoms with Crippen molar-refractivity contribution in [3.63, 3.8) is 0 Å². The Morgan fingerprint density at radius 1 is 1.33 bits per heavy atom. The Labute approximate surface area is 118 Å². The van der Waals surface area contributed by atoms with E-state index in [9.17, 15) is 0 Å². The van der Waals surface area contributed by atoms with Gasteiger partial charge in [-0.25, -0.2) is 0 Å². The zero-order valence-electron chi connectivity index (χ0n) is 11.4. The molecule has 1 aromatic rings. The molecule has 0 bridgehead atoms. The Hall–Kier alpha value is -0.540. The molecular weight excluding hydrogens is 290 g/mol. The monoisotopic (exact) mass is 311 g/mol.